The molecule has 2 aromatic rings. The molecule has 1 amide bonds. The molecule has 22 heavy (non-hydrogen) atoms. The molecular weight excluding hydrogens is 274 g/mol. The number of aryl methyl sites for hydroxylation is 1. The Hall–Kier alpha value is -2.47. The first-order valence-corrected chi connectivity index (χ1v) is 7.31. The van der Waals surface area contributed by atoms with Crippen molar-refractivity contribution in [3.8, 4) is 11.8 Å². The highest BCUT2D eigenvalue weighted by atomic mass is 16.6. The van der Waals surface area contributed by atoms with E-state index in [0.29, 0.717) is 0 Å². The highest BCUT2D eigenvalue weighted by Crippen LogP contribution is 2.21. The molecule has 0 aliphatic carbocycles. The lowest BCUT2D eigenvalue weighted by Crippen LogP contribution is -2.32. The molecule has 3 heteroatoms. The van der Waals surface area contributed by atoms with Crippen LogP contribution in [-0.4, -0.2) is 18.2 Å². The number of ether oxygens (including phenoxy) is 1. The predicted octanol–water partition coefficient (Wildman–Crippen LogP) is 4.02. The minimum absolute atomic E-state index is 0.261. The quantitative estimate of drug-likeness (QED) is 0.807. The fraction of sp³-hybridized carbons (Fsp3) is 0.316. The molecule has 2 aromatic carbocycles. The van der Waals surface area contributed by atoms with Crippen LogP contribution in [0.15, 0.2) is 36.4 Å². The van der Waals surface area contributed by atoms with Gasteiger partial charge in [0.1, 0.15) is 5.60 Å². The Kier molecular flexibility index (Phi) is 4.72. The zero-order valence-electron chi connectivity index (χ0n) is 13.5. The zero-order chi connectivity index (χ0) is 16.2. The molecule has 114 valence electrons. The molecule has 0 heterocycles. The maximum Gasteiger partial charge on any atom is 0.408 e. The molecule has 1 N–H and O–H groups in total. The molecule has 0 radical (unpaired) electrons. The monoisotopic (exact) mass is 295 g/mol. The Morgan fingerprint density at radius 1 is 1.18 bits per heavy atom. The summed E-state index contributed by atoms with van der Waals surface area (Å²) < 4.78 is 5.17. The van der Waals surface area contributed by atoms with Gasteiger partial charge < -0.3 is 10.1 Å². The molecule has 0 saturated heterocycles. The van der Waals surface area contributed by atoms with Gasteiger partial charge in [-0.25, -0.2) is 4.79 Å². The van der Waals surface area contributed by atoms with Crippen LogP contribution in [0.4, 0.5) is 4.79 Å². The number of nitrogens with one attached hydrogen (secondary N) is 1. The third-order valence-electron chi connectivity index (χ3n) is 3.07. The molecule has 2 rings (SSSR count). The number of carbonyl (C=O) groups excluding carboxylic acids is 1. The van der Waals surface area contributed by atoms with Crippen molar-refractivity contribution in [1.29, 1.82) is 0 Å². The van der Waals surface area contributed by atoms with E-state index in [1.807, 2.05) is 39.8 Å². The van der Waals surface area contributed by atoms with E-state index in [4.69, 9.17) is 4.74 Å². The lowest BCUT2D eigenvalue weighted by molar-refractivity contribution is 0.0535. The smallest absolute Gasteiger partial charge is 0.408 e. The van der Waals surface area contributed by atoms with Gasteiger partial charge in [-0.2, -0.15) is 0 Å². The maximum atomic E-state index is 11.5. The first kappa shape index (κ1) is 15.9. The van der Waals surface area contributed by atoms with E-state index < -0.39 is 11.7 Å². The van der Waals surface area contributed by atoms with Gasteiger partial charge in [-0.1, -0.05) is 48.2 Å². The third-order valence-corrected chi connectivity index (χ3v) is 3.07. The normalized spacial score (nSPS) is 10.7. The van der Waals surface area contributed by atoms with Gasteiger partial charge in [0, 0.05) is 5.56 Å². The van der Waals surface area contributed by atoms with Crippen LogP contribution in [0.5, 0.6) is 0 Å². The number of hydrogen-bond donors (Lipinski definition) is 1. The van der Waals surface area contributed by atoms with E-state index in [-0.39, 0.29) is 6.54 Å². The molecule has 0 fully saturated rings. The molecule has 0 spiro atoms. The number of carbonyl (C=O) groups is 1. The SMILES string of the molecule is Cc1ccc2ccccc2c1C#CCNC(=O)OC(C)(C)C. The first-order chi connectivity index (χ1) is 10.4. The Bertz CT molecular complexity index is 745. The lowest BCUT2D eigenvalue weighted by atomic mass is 10.0. The summed E-state index contributed by atoms with van der Waals surface area (Å²) in [6.45, 7) is 7.79. The predicted molar refractivity (Wildman–Crippen MR) is 89.8 cm³/mol. The molecule has 0 unspecified atom stereocenters. The average molecular weight is 295 g/mol. The lowest BCUT2D eigenvalue weighted by Gasteiger charge is -2.19. The topological polar surface area (TPSA) is 38.3 Å². The Labute approximate surface area is 131 Å². The van der Waals surface area contributed by atoms with Crippen molar-refractivity contribution < 1.29 is 9.53 Å². The van der Waals surface area contributed by atoms with Crippen LogP contribution in [-0.2, 0) is 4.74 Å². The van der Waals surface area contributed by atoms with Crippen molar-refractivity contribution in [2.75, 3.05) is 6.54 Å². The number of alkyl carbamates (subject to hydrolysis) is 1. The van der Waals surface area contributed by atoms with Gasteiger partial charge >= 0.3 is 6.09 Å². The van der Waals surface area contributed by atoms with Crippen LogP contribution >= 0.6 is 0 Å². The van der Waals surface area contributed by atoms with E-state index in [0.717, 1.165) is 21.9 Å². The van der Waals surface area contributed by atoms with Crippen molar-refractivity contribution >= 4 is 16.9 Å². The second kappa shape index (κ2) is 6.53. The minimum atomic E-state index is -0.496. The summed E-state index contributed by atoms with van der Waals surface area (Å²) in [7, 11) is 0. The van der Waals surface area contributed by atoms with Gasteiger partial charge in [0.2, 0.25) is 0 Å². The second-order valence-corrected chi connectivity index (χ2v) is 6.14. The molecule has 0 aromatic heterocycles. The fourth-order valence-electron chi connectivity index (χ4n) is 2.11. The van der Waals surface area contributed by atoms with Crippen LogP contribution in [0.1, 0.15) is 31.9 Å². The summed E-state index contributed by atoms with van der Waals surface area (Å²) in [5, 5.41) is 4.94. The van der Waals surface area contributed by atoms with E-state index >= 15 is 0 Å². The molecule has 0 aliphatic heterocycles. The third kappa shape index (κ3) is 4.26. The van der Waals surface area contributed by atoms with Crippen LogP contribution in [0.2, 0.25) is 0 Å². The maximum absolute atomic E-state index is 11.5. The molecule has 0 atom stereocenters. The van der Waals surface area contributed by atoms with Crippen molar-refractivity contribution in [3.63, 3.8) is 0 Å². The van der Waals surface area contributed by atoms with Crippen molar-refractivity contribution in [1.82, 2.24) is 5.32 Å². The standard InChI is InChI=1S/C19H21NO2/c1-14-11-12-15-8-5-6-9-17(15)16(14)10-7-13-20-18(21)22-19(2,3)4/h5-6,8-9,11-12H,13H2,1-4H3,(H,20,21). The second-order valence-electron chi connectivity index (χ2n) is 6.14. The molecule has 0 saturated carbocycles. The largest absolute Gasteiger partial charge is 0.444 e. The summed E-state index contributed by atoms with van der Waals surface area (Å²) >= 11 is 0. The summed E-state index contributed by atoms with van der Waals surface area (Å²) in [5.41, 5.74) is 1.64. The van der Waals surface area contributed by atoms with Crippen molar-refractivity contribution in [3.05, 3.63) is 47.5 Å². The average Bonchev–Trinajstić information content (AvgIpc) is 2.43. The van der Waals surface area contributed by atoms with E-state index in [1.54, 1.807) is 0 Å². The minimum Gasteiger partial charge on any atom is -0.444 e. The van der Waals surface area contributed by atoms with Gasteiger partial charge in [0.05, 0.1) is 6.54 Å². The van der Waals surface area contributed by atoms with Crippen LogP contribution in [0, 0.1) is 18.8 Å². The van der Waals surface area contributed by atoms with Crippen LogP contribution in [0.3, 0.4) is 0 Å². The summed E-state index contributed by atoms with van der Waals surface area (Å²) in [4.78, 5) is 11.5. The summed E-state index contributed by atoms with van der Waals surface area (Å²) in [6.07, 6.45) is -0.448. The Balaban J connectivity index is 2.09. The molecule has 0 aliphatic rings. The van der Waals surface area contributed by atoms with E-state index in [9.17, 15) is 4.79 Å². The number of hydrogen-bond acceptors (Lipinski definition) is 2. The molecule has 3 nitrogen and oxygen atoms in total. The van der Waals surface area contributed by atoms with Gasteiger partial charge in [0.25, 0.3) is 0 Å². The van der Waals surface area contributed by atoms with Crippen LogP contribution < -0.4 is 5.32 Å². The summed E-state index contributed by atoms with van der Waals surface area (Å²) in [5.74, 6) is 6.14. The Morgan fingerprint density at radius 3 is 2.64 bits per heavy atom. The van der Waals surface area contributed by atoms with Crippen molar-refractivity contribution in [2.24, 2.45) is 0 Å². The van der Waals surface area contributed by atoms with Crippen LogP contribution in [0.25, 0.3) is 10.8 Å². The molecular formula is C19H21NO2. The highest BCUT2D eigenvalue weighted by molar-refractivity contribution is 5.89. The number of amides is 1. The fourth-order valence-corrected chi connectivity index (χ4v) is 2.11. The zero-order valence-corrected chi connectivity index (χ0v) is 13.5. The number of rotatable bonds is 1. The van der Waals surface area contributed by atoms with E-state index in [2.05, 4.69) is 41.4 Å². The number of benzene rings is 2. The number of fused-ring (bicyclic) bond motifs is 1. The van der Waals surface area contributed by atoms with E-state index in [1.165, 1.54) is 0 Å². The first-order valence-electron chi connectivity index (χ1n) is 7.31. The van der Waals surface area contributed by atoms with Gasteiger partial charge in [-0.3, -0.25) is 0 Å². The van der Waals surface area contributed by atoms with Gasteiger partial charge in [-0.05, 0) is 44.0 Å². The molecule has 0 bridgehead atoms. The Morgan fingerprint density at radius 2 is 1.91 bits per heavy atom. The van der Waals surface area contributed by atoms with Gasteiger partial charge in [-0.15, -0.1) is 0 Å². The van der Waals surface area contributed by atoms with Crippen molar-refractivity contribution in [2.45, 2.75) is 33.3 Å². The summed E-state index contributed by atoms with van der Waals surface area (Å²) in [6, 6.07) is 12.3. The van der Waals surface area contributed by atoms with Gasteiger partial charge in [0.15, 0.2) is 0 Å². The highest BCUT2D eigenvalue weighted by Gasteiger charge is 2.15.